The van der Waals surface area contributed by atoms with Gasteiger partial charge < -0.3 is 15.7 Å². The summed E-state index contributed by atoms with van der Waals surface area (Å²) in [6.07, 6.45) is 1.33. The van der Waals surface area contributed by atoms with Crippen LogP contribution in [-0.2, 0) is 0 Å². The van der Waals surface area contributed by atoms with Crippen LogP contribution in [0.5, 0.6) is 5.75 Å². The van der Waals surface area contributed by atoms with Crippen molar-refractivity contribution >= 4 is 17.8 Å². The minimum atomic E-state index is -4.59. The van der Waals surface area contributed by atoms with Crippen LogP contribution in [0.15, 0.2) is 40.7 Å². The molecule has 6 nitrogen and oxygen atoms in total. The zero-order chi connectivity index (χ0) is 23.5. The number of carbonyl (C=O) groups is 1. The van der Waals surface area contributed by atoms with Crippen molar-refractivity contribution in [1.29, 1.82) is 5.41 Å². The SMILES string of the molecule is N=C1C=NC(C(F)(F)F)=C/C1=C/NC1CCC(CNC(=O)c2cc(F)c(O)c(F)c2)CC1. The Morgan fingerprint density at radius 2 is 1.81 bits per heavy atom. The fourth-order valence-corrected chi connectivity index (χ4v) is 3.52. The number of benzene rings is 1. The Bertz CT molecular complexity index is 969. The highest BCUT2D eigenvalue weighted by atomic mass is 19.4. The van der Waals surface area contributed by atoms with Crippen molar-refractivity contribution in [3.63, 3.8) is 0 Å². The number of allylic oxidation sites excluding steroid dienone is 3. The molecule has 1 aromatic carbocycles. The molecule has 4 N–H and O–H groups in total. The largest absolute Gasteiger partial charge is 0.503 e. The normalized spacial score (nSPS) is 22.6. The van der Waals surface area contributed by atoms with E-state index in [2.05, 4.69) is 15.6 Å². The molecule has 3 rings (SSSR count). The van der Waals surface area contributed by atoms with E-state index in [0.29, 0.717) is 19.4 Å². The minimum Gasteiger partial charge on any atom is -0.503 e. The number of halogens is 5. The molecule has 0 saturated heterocycles. The fourth-order valence-electron chi connectivity index (χ4n) is 3.52. The van der Waals surface area contributed by atoms with E-state index < -0.39 is 35.2 Å². The van der Waals surface area contributed by atoms with E-state index in [-0.39, 0.29) is 28.8 Å². The van der Waals surface area contributed by atoms with E-state index in [1.54, 1.807) is 0 Å². The van der Waals surface area contributed by atoms with E-state index in [4.69, 9.17) is 10.5 Å². The first-order valence-electron chi connectivity index (χ1n) is 9.89. The Hall–Kier alpha value is -3.24. The quantitative estimate of drug-likeness (QED) is 0.505. The highest BCUT2D eigenvalue weighted by Gasteiger charge is 2.35. The number of hydrogen-bond acceptors (Lipinski definition) is 5. The summed E-state index contributed by atoms with van der Waals surface area (Å²) in [5.74, 6) is -4.09. The van der Waals surface area contributed by atoms with Crippen molar-refractivity contribution in [2.24, 2.45) is 10.9 Å². The van der Waals surface area contributed by atoms with Crippen molar-refractivity contribution in [2.75, 3.05) is 6.54 Å². The lowest BCUT2D eigenvalue weighted by molar-refractivity contribution is -0.0923. The predicted molar refractivity (Wildman–Crippen MR) is 108 cm³/mol. The number of phenolic OH excluding ortho intramolecular Hbond substituents is 1. The van der Waals surface area contributed by atoms with Gasteiger partial charge in [-0.3, -0.25) is 10.2 Å². The molecule has 0 atom stereocenters. The molecule has 172 valence electrons. The molecule has 0 aromatic heterocycles. The van der Waals surface area contributed by atoms with Gasteiger partial charge in [-0.05, 0) is 49.8 Å². The molecule has 1 aliphatic carbocycles. The summed E-state index contributed by atoms with van der Waals surface area (Å²) in [6, 6.07) is 1.52. The Morgan fingerprint density at radius 1 is 1.19 bits per heavy atom. The van der Waals surface area contributed by atoms with Crippen molar-refractivity contribution in [3.8, 4) is 5.75 Å². The van der Waals surface area contributed by atoms with Crippen molar-refractivity contribution < 1.29 is 31.9 Å². The number of nitrogens with one attached hydrogen (secondary N) is 3. The van der Waals surface area contributed by atoms with Gasteiger partial charge in [0.15, 0.2) is 17.4 Å². The summed E-state index contributed by atoms with van der Waals surface area (Å²) in [7, 11) is 0. The lowest BCUT2D eigenvalue weighted by Crippen LogP contribution is -2.35. The predicted octanol–water partition coefficient (Wildman–Crippen LogP) is 3.98. The summed E-state index contributed by atoms with van der Waals surface area (Å²) in [4.78, 5) is 15.3. The number of rotatable bonds is 5. The second-order valence-electron chi connectivity index (χ2n) is 7.68. The lowest BCUT2D eigenvalue weighted by atomic mass is 9.86. The number of hydrogen-bond donors (Lipinski definition) is 4. The molecule has 0 unspecified atom stereocenters. The topological polar surface area (TPSA) is 97.6 Å². The van der Waals surface area contributed by atoms with Crippen LogP contribution < -0.4 is 10.6 Å². The second kappa shape index (κ2) is 9.49. The highest BCUT2D eigenvalue weighted by Crippen LogP contribution is 2.29. The van der Waals surface area contributed by atoms with Crippen LogP contribution in [0.1, 0.15) is 36.0 Å². The number of phenols is 1. The van der Waals surface area contributed by atoms with Crippen molar-refractivity contribution in [1.82, 2.24) is 10.6 Å². The summed E-state index contributed by atoms with van der Waals surface area (Å²) in [6.45, 7) is 0.301. The average molecular weight is 456 g/mol. The molecule has 1 fully saturated rings. The van der Waals surface area contributed by atoms with Gasteiger partial charge >= 0.3 is 6.18 Å². The molecule has 2 aliphatic rings. The van der Waals surface area contributed by atoms with E-state index in [1.807, 2.05) is 0 Å². The van der Waals surface area contributed by atoms with E-state index in [1.165, 1.54) is 6.20 Å². The summed E-state index contributed by atoms with van der Waals surface area (Å²) in [5, 5.41) is 22.5. The highest BCUT2D eigenvalue weighted by molar-refractivity contribution is 6.38. The number of carbonyl (C=O) groups excluding carboxylic acids is 1. The Kier molecular flexibility index (Phi) is 6.95. The average Bonchev–Trinajstić information content (AvgIpc) is 2.74. The van der Waals surface area contributed by atoms with Crippen molar-refractivity contribution in [2.45, 2.75) is 37.9 Å². The first-order chi connectivity index (χ1) is 15.0. The van der Waals surface area contributed by atoms with Crippen molar-refractivity contribution in [3.05, 3.63) is 52.9 Å². The number of aliphatic imine (C=N–C) groups is 1. The first kappa shape index (κ1) is 23.4. The van der Waals surface area contributed by atoms with Crippen LogP contribution in [0.4, 0.5) is 22.0 Å². The van der Waals surface area contributed by atoms with Gasteiger partial charge in [0.2, 0.25) is 0 Å². The monoisotopic (exact) mass is 456 g/mol. The molecular weight excluding hydrogens is 435 g/mol. The van der Waals surface area contributed by atoms with E-state index >= 15 is 0 Å². The molecule has 32 heavy (non-hydrogen) atoms. The first-order valence-corrected chi connectivity index (χ1v) is 9.89. The summed E-state index contributed by atoms with van der Waals surface area (Å²) < 4.78 is 65.2. The van der Waals surface area contributed by atoms with Crippen LogP contribution in [0.2, 0.25) is 0 Å². The van der Waals surface area contributed by atoms with Gasteiger partial charge in [0.1, 0.15) is 5.70 Å². The smallest absolute Gasteiger partial charge is 0.433 e. The summed E-state index contributed by atoms with van der Waals surface area (Å²) in [5.41, 5.74) is -1.32. The second-order valence-corrected chi connectivity index (χ2v) is 7.68. The Morgan fingerprint density at radius 3 is 2.41 bits per heavy atom. The van der Waals surface area contributed by atoms with E-state index in [9.17, 15) is 26.7 Å². The third kappa shape index (κ3) is 5.71. The van der Waals surface area contributed by atoms with Gasteiger partial charge in [0.25, 0.3) is 5.91 Å². The minimum absolute atomic E-state index is 0.00384. The molecule has 1 amide bonds. The molecule has 1 aromatic rings. The lowest BCUT2D eigenvalue weighted by Gasteiger charge is -2.29. The zero-order valence-electron chi connectivity index (χ0n) is 16.8. The zero-order valence-corrected chi connectivity index (χ0v) is 16.8. The molecule has 11 heteroatoms. The fraction of sp³-hybridized carbons (Fsp3) is 0.381. The van der Waals surface area contributed by atoms with E-state index in [0.717, 1.165) is 37.3 Å². The number of nitrogens with zero attached hydrogens (tertiary/aromatic N) is 1. The van der Waals surface area contributed by atoms with Gasteiger partial charge in [-0.2, -0.15) is 13.2 Å². The summed E-state index contributed by atoms with van der Waals surface area (Å²) >= 11 is 0. The maximum atomic E-state index is 13.4. The molecule has 0 spiro atoms. The molecule has 1 heterocycles. The maximum absolute atomic E-state index is 13.4. The molecule has 1 aliphatic heterocycles. The van der Waals surface area contributed by atoms with Crippen LogP contribution in [-0.4, -0.2) is 41.7 Å². The van der Waals surface area contributed by atoms with Crippen LogP contribution in [0, 0.1) is 23.0 Å². The van der Waals surface area contributed by atoms with Gasteiger partial charge in [0, 0.05) is 29.9 Å². The van der Waals surface area contributed by atoms with Crippen LogP contribution >= 0.6 is 0 Å². The molecule has 0 bridgehead atoms. The van der Waals surface area contributed by atoms with Gasteiger partial charge in [-0.1, -0.05) is 0 Å². The number of amides is 1. The van der Waals surface area contributed by atoms with Gasteiger partial charge in [-0.25, -0.2) is 13.8 Å². The third-order valence-corrected chi connectivity index (χ3v) is 5.38. The molecule has 1 saturated carbocycles. The number of alkyl halides is 3. The Labute approximate surface area is 180 Å². The standard InChI is InChI=1S/C21H21F5N4O2/c22-15-5-12(6-16(23)19(15)31)20(32)30-8-11-1-3-14(4-2-11)28-9-13-7-18(21(24,25)26)29-10-17(13)27/h5-7,9-11,14,27-28,31H,1-4,8H2,(H,30,32)/b13-9-,27-17?. The number of aromatic hydroxyl groups is 1. The molecular formula is C21H21F5N4O2. The molecule has 0 radical (unpaired) electrons. The third-order valence-electron chi connectivity index (χ3n) is 5.38. The van der Waals surface area contributed by atoms with Gasteiger partial charge in [-0.15, -0.1) is 0 Å². The van der Waals surface area contributed by atoms with Crippen LogP contribution in [0.25, 0.3) is 0 Å². The maximum Gasteiger partial charge on any atom is 0.433 e. The van der Waals surface area contributed by atoms with Gasteiger partial charge in [0.05, 0.1) is 11.9 Å². The Balaban J connectivity index is 1.48. The van der Waals surface area contributed by atoms with Crippen LogP contribution in [0.3, 0.4) is 0 Å².